The first-order chi connectivity index (χ1) is 10.0. The number of hydrogen-bond donors (Lipinski definition) is 0. The Labute approximate surface area is 130 Å². The lowest BCUT2D eigenvalue weighted by Gasteiger charge is -2.27. The standard InChI is InChI=1S/C15H21NO3S2/c1-2-9-16(13-8-10-21(18,19)12-13)15(17)11-20-14-6-4-3-5-7-14/h3-7,13H,2,8-12H2,1H3. The van der Waals surface area contributed by atoms with Crippen LogP contribution in [0.3, 0.4) is 0 Å². The number of thioether (sulfide) groups is 1. The average Bonchev–Trinajstić information content (AvgIpc) is 2.83. The Morgan fingerprint density at radius 2 is 2.05 bits per heavy atom. The molecule has 2 rings (SSSR count). The van der Waals surface area contributed by atoms with Crippen molar-refractivity contribution in [1.82, 2.24) is 4.90 Å². The number of rotatable bonds is 6. The highest BCUT2D eigenvalue weighted by Crippen LogP contribution is 2.22. The maximum absolute atomic E-state index is 12.4. The third kappa shape index (κ3) is 4.74. The van der Waals surface area contributed by atoms with E-state index in [1.807, 2.05) is 37.3 Å². The number of hydrogen-bond acceptors (Lipinski definition) is 4. The van der Waals surface area contributed by atoms with E-state index in [0.29, 0.717) is 18.7 Å². The lowest BCUT2D eigenvalue weighted by Crippen LogP contribution is -2.42. The first-order valence-electron chi connectivity index (χ1n) is 7.19. The number of nitrogens with zero attached hydrogens (tertiary/aromatic N) is 1. The summed E-state index contributed by atoms with van der Waals surface area (Å²) in [7, 11) is -2.96. The van der Waals surface area contributed by atoms with Gasteiger partial charge in [0.05, 0.1) is 17.3 Å². The van der Waals surface area contributed by atoms with Gasteiger partial charge in [-0.15, -0.1) is 11.8 Å². The van der Waals surface area contributed by atoms with Gasteiger partial charge in [0.15, 0.2) is 9.84 Å². The van der Waals surface area contributed by atoms with E-state index in [-0.39, 0.29) is 23.5 Å². The molecule has 0 N–H and O–H groups in total. The molecule has 1 heterocycles. The molecule has 1 amide bonds. The molecular weight excluding hydrogens is 306 g/mol. The van der Waals surface area contributed by atoms with E-state index in [2.05, 4.69) is 0 Å². The van der Waals surface area contributed by atoms with Gasteiger partial charge in [0.25, 0.3) is 0 Å². The van der Waals surface area contributed by atoms with Crippen molar-refractivity contribution in [2.24, 2.45) is 0 Å². The molecule has 0 spiro atoms. The minimum atomic E-state index is -2.96. The molecule has 1 saturated heterocycles. The van der Waals surface area contributed by atoms with Crippen molar-refractivity contribution in [3.8, 4) is 0 Å². The molecular formula is C15H21NO3S2. The Hall–Kier alpha value is -1.01. The third-order valence-electron chi connectivity index (χ3n) is 3.54. The minimum absolute atomic E-state index is 0.0350. The third-order valence-corrected chi connectivity index (χ3v) is 6.29. The summed E-state index contributed by atoms with van der Waals surface area (Å²) in [5.74, 6) is 0.722. The zero-order valence-electron chi connectivity index (χ0n) is 12.2. The smallest absolute Gasteiger partial charge is 0.233 e. The minimum Gasteiger partial charge on any atom is -0.338 e. The van der Waals surface area contributed by atoms with Gasteiger partial charge < -0.3 is 4.90 Å². The molecule has 1 aliphatic rings. The fourth-order valence-electron chi connectivity index (χ4n) is 2.52. The molecule has 6 heteroatoms. The maximum atomic E-state index is 12.4. The van der Waals surface area contributed by atoms with Crippen LogP contribution in [0.4, 0.5) is 0 Å². The molecule has 1 aliphatic heterocycles. The second-order valence-electron chi connectivity index (χ2n) is 5.25. The Kier molecular flexibility index (Phi) is 5.70. The van der Waals surface area contributed by atoms with Crippen molar-refractivity contribution in [3.63, 3.8) is 0 Å². The van der Waals surface area contributed by atoms with Crippen molar-refractivity contribution in [2.75, 3.05) is 23.8 Å². The molecule has 1 aromatic carbocycles. The van der Waals surface area contributed by atoms with E-state index in [9.17, 15) is 13.2 Å². The molecule has 21 heavy (non-hydrogen) atoms. The maximum Gasteiger partial charge on any atom is 0.233 e. The van der Waals surface area contributed by atoms with Gasteiger partial charge in [-0.2, -0.15) is 0 Å². The Balaban J connectivity index is 1.96. The van der Waals surface area contributed by atoms with E-state index in [0.717, 1.165) is 11.3 Å². The molecule has 1 fully saturated rings. The average molecular weight is 327 g/mol. The van der Waals surface area contributed by atoms with Crippen LogP contribution in [-0.4, -0.2) is 49.1 Å². The molecule has 1 unspecified atom stereocenters. The molecule has 0 bridgehead atoms. The molecule has 0 aromatic heterocycles. The summed E-state index contributed by atoms with van der Waals surface area (Å²) >= 11 is 1.50. The van der Waals surface area contributed by atoms with Gasteiger partial charge in [-0.05, 0) is 25.0 Å². The predicted molar refractivity (Wildman–Crippen MR) is 86.2 cm³/mol. The lowest BCUT2D eigenvalue weighted by molar-refractivity contribution is -0.130. The monoisotopic (exact) mass is 327 g/mol. The van der Waals surface area contributed by atoms with Gasteiger partial charge in [0.2, 0.25) is 5.91 Å². The van der Waals surface area contributed by atoms with Crippen LogP contribution in [0.5, 0.6) is 0 Å². The summed E-state index contributed by atoms with van der Waals surface area (Å²) in [4.78, 5) is 15.2. The number of carbonyl (C=O) groups excluding carboxylic acids is 1. The van der Waals surface area contributed by atoms with Crippen molar-refractivity contribution >= 4 is 27.5 Å². The predicted octanol–water partition coefficient (Wildman–Crippen LogP) is 2.20. The zero-order valence-corrected chi connectivity index (χ0v) is 13.8. The summed E-state index contributed by atoms with van der Waals surface area (Å²) in [5, 5.41) is 0. The van der Waals surface area contributed by atoms with E-state index in [1.165, 1.54) is 11.8 Å². The van der Waals surface area contributed by atoms with Crippen LogP contribution in [0.1, 0.15) is 19.8 Å². The highest BCUT2D eigenvalue weighted by atomic mass is 32.2. The van der Waals surface area contributed by atoms with E-state index < -0.39 is 9.84 Å². The van der Waals surface area contributed by atoms with Crippen LogP contribution >= 0.6 is 11.8 Å². The van der Waals surface area contributed by atoms with Crippen LogP contribution in [0.2, 0.25) is 0 Å². The second kappa shape index (κ2) is 7.31. The van der Waals surface area contributed by atoms with Gasteiger partial charge in [0, 0.05) is 17.5 Å². The first-order valence-corrected chi connectivity index (χ1v) is 10.0. The van der Waals surface area contributed by atoms with Gasteiger partial charge in [0.1, 0.15) is 0 Å². The van der Waals surface area contributed by atoms with Crippen LogP contribution in [0.15, 0.2) is 35.2 Å². The van der Waals surface area contributed by atoms with E-state index in [4.69, 9.17) is 0 Å². The van der Waals surface area contributed by atoms with Crippen LogP contribution in [0, 0.1) is 0 Å². The lowest BCUT2D eigenvalue weighted by atomic mass is 10.2. The zero-order chi connectivity index (χ0) is 15.3. The Morgan fingerprint density at radius 1 is 1.33 bits per heavy atom. The summed E-state index contributed by atoms with van der Waals surface area (Å²) < 4.78 is 23.2. The number of carbonyl (C=O) groups is 1. The van der Waals surface area contributed by atoms with Gasteiger partial charge >= 0.3 is 0 Å². The molecule has 4 nitrogen and oxygen atoms in total. The van der Waals surface area contributed by atoms with Gasteiger partial charge in [-0.3, -0.25) is 4.79 Å². The van der Waals surface area contributed by atoms with Crippen molar-refractivity contribution in [2.45, 2.75) is 30.7 Å². The van der Waals surface area contributed by atoms with Crippen LogP contribution < -0.4 is 0 Å². The van der Waals surface area contributed by atoms with Crippen molar-refractivity contribution in [1.29, 1.82) is 0 Å². The van der Waals surface area contributed by atoms with E-state index >= 15 is 0 Å². The fraction of sp³-hybridized carbons (Fsp3) is 0.533. The molecule has 1 atom stereocenters. The normalized spacial score (nSPS) is 20.3. The molecule has 1 aromatic rings. The SMILES string of the molecule is CCCN(C(=O)CSc1ccccc1)C1CCS(=O)(=O)C1. The van der Waals surface area contributed by atoms with Gasteiger partial charge in [-0.1, -0.05) is 25.1 Å². The summed E-state index contributed by atoms with van der Waals surface area (Å²) in [6.07, 6.45) is 1.42. The van der Waals surface area contributed by atoms with Gasteiger partial charge in [-0.25, -0.2) is 8.42 Å². The Morgan fingerprint density at radius 3 is 2.62 bits per heavy atom. The van der Waals surface area contributed by atoms with Crippen molar-refractivity contribution < 1.29 is 13.2 Å². The topological polar surface area (TPSA) is 54.5 Å². The number of benzene rings is 1. The number of amides is 1. The summed E-state index contributed by atoms with van der Waals surface area (Å²) in [6.45, 7) is 2.64. The largest absolute Gasteiger partial charge is 0.338 e. The molecule has 116 valence electrons. The van der Waals surface area contributed by atoms with Crippen molar-refractivity contribution in [3.05, 3.63) is 30.3 Å². The summed E-state index contributed by atoms with van der Waals surface area (Å²) in [6, 6.07) is 9.64. The van der Waals surface area contributed by atoms with Crippen LogP contribution in [0.25, 0.3) is 0 Å². The highest BCUT2D eigenvalue weighted by Gasteiger charge is 2.34. The second-order valence-corrected chi connectivity index (χ2v) is 8.52. The molecule has 0 aliphatic carbocycles. The quantitative estimate of drug-likeness (QED) is 0.752. The fourth-order valence-corrected chi connectivity index (χ4v) is 5.05. The molecule has 0 saturated carbocycles. The highest BCUT2D eigenvalue weighted by molar-refractivity contribution is 8.00. The summed E-state index contributed by atoms with van der Waals surface area (Å²) in [5.41, 5.74) is 0. The first kappa shape index (κ1) is 16.4. The van der Waals surface area contributed by atoms with Crippen LogP contribution in [-0.2, 0) is 14.6 Å². The molecule has 0 radical (unpaired) electrons. The Bertz CT molecular complexity index is 572. The number of sulfone groups is 1. The van der Waals surface area contributed by atoms with E-state index in [1.54, 1.807) is 4.90 Å².